The molecule has 0 fully saturated rings. The van der Waals surface area contributed by atoms with Gasteiger partial charge in [0, 0.05) is 0 Å². The number of unbranched alkanes of at least 4 members (excludes halogenated alkanes) is 7. The molecule has 0 spiro atoms. The maximum absolute atomic E-state index is 11.6. The maximum atomic E-state index is 11.6. The topological polar surface area (TPSA) is 91.7 Å². The van der Waals surface area contributed by atoms with E-state index in [4.69, 9.17) is 4.55 Å². The molecular weight excluding hydrogens is 352 g/mol. The third kappa shape index (κ3) is 15.6. The molecule has 0 aromatic rings. The van der Waals surface area contributed by atoms with Crippen LogP contribution in [0.15, 0.2) is 0 Å². The lowest BCUT2D eigenvalue weighted by molar-refractivity contribution is -0.150. The summed E-state index contributed by atoms with van der Waals surface area (Å²) in [6.45, 7) is 8.28. The minimum absolute atomic E-state index is 0.108. The van der Waals surface area contributed by atoms with Crippen molar-refractivity contribution in [1.29, 1.82) is 0 Å². The number of rotatable bonds is 15. The molecule has 6 heteroatoms. The van der Waals surface area contributed by atoms with E-state index in [2.05, 4.69) is 13.8 Å². The SMILES string of the molecule is CCCCCCC(CC)(CCCCCC)C(=O)O.CCCCS(=O)(=O)O. The van der Waals surface area contributed by atoms with Gasteiger partial charge in [-0.05, 0) is 25.7 Å². The standard InChI is InChI=1S/C16H32O2.C4H10O3S/c1-4-7-9-11-13-16(6-3,15(17)18)14-12-10-8-5-2;1-2-3-4-8(5,6)7/h4-14H2,1-3H3,(H,17,18);2-4H2,1H3,(H,5,6,7). The van der Waals surface area contributed by atoms with Gasteiger partial charge in [0.15, 0.2) is 0 Å². The van der Waals surface area contributed by atoms with Crippen molar-refractivity contribution in [3.63, 3.8) is 0 Å². The zero-order valence-corrected chi connectivity index (χ0v) is 18.2. The van der Waals surface area contributed by atoms with Gasteiger partial charge in [-0.3, -0.25) is 9.35 Å². The molecule has 0 aromatic heterocycles. The van der Waals surface area contributed by atoms with Crippen LogP contribution in [0.2, 0.25) is 0 Å². The van der Waals surface area contributed by atoms with Gasteiger partial charge in [-0.15, -0.1) is 0 Å². The molecule has 0 heterocycles. The van der Waals surface area contributed by atoms with Crippen LogP contribution in [0.3, 0.4) is 0 Å². The molecule has 0 aliphatic carbocycles. The molecule has 26 heavy (non-hydrogen) atoms. The Kier molecular flexibility index (Phi) is 17.6. The molecule has 0 unspecified atom stereocenters. The van der Waals surface area contributed by atoms with Crippen LogP contribution in [-0.4, -0.2) is 29.8 Å². The van der Waals surface area contributed by atoms with Crippen LogP contribution in [0.5, 0.6) is 0 Å². The summed E-state index contributed by atoms with van der Waals surface area (Å²) < 4.78 is 28.0. The van der Waals surface area contributed by atoms with E-state index in [9.17, 15) is 18.3 Å². The fourth-order valence-corrected chi connectivity index (χ4v) is 3.60. The molecule has 0 aliphatic rings. The van der Waals surface area contributed by atoms with Gasteiger partial charge in [-0.1, -0.05) is 85.5 Å². The van der Waals surface area contributed by atoms with Crippen molar-refractivity contribution in [3.8, 4) is 0 Å². The fourth-order valence-electron chi connectivity index (χ4n) is 2.95. The molecule has 2 N–H and O–H groups in total. The first kappa shape index (κ1) is 27.6. The van der Waals surface area contributed by atoms with Crippen molar-refractivity contribution in [2.24, 2.45) is 5.41 Å². The summed E-state index contributed by atoms with van der Waals surface area (Å²) in [5, 5.41) is 9.54. The molecule has 0 aromatic carbocycles. The van der Waals surface area contributed by atoms with E-state index in [1.54, 1.807) is 0 Å². The number of hydrogen-bond donors (Lipinski definition) is 2. The van der Waals surface area contributed by atoms with E-state index >= 15 is 0 Å². The van der Waals surface area contributed by atoms with E-state index in [0.717, 1.165) is 38.5 Å². The fraction of sp³-hybridized carbons (Fsp3) is 0.950. The zero-order valence-electron chi connectivity index (χ0n) is 17.4. The molecule has 0 radical (unpaired) electrons. The zero-order chi connectivity index (χ0) is 20.5. The monoisotopic (exact) mass is 394 g/mol. The summed E-state index contributed by atoms with van der Waals surface area (Å²) in [5.74, 6) is -0.679. The molecule has 158 valence electrons. The number of hydrogen-bond acceptors (Lipinski definition) is 3. The van der Waals surface area contributed by atoms with Crippen molar-refractivity contribution in [3.05, 3.63) is 0 Å². The summed E-state index contributed by atoms with van der Waals surface area (Å²) in [6.07, 6.45) is 13.2. The third-order valence-electron chi connectivity index (χ3n) is 4.90. The Morgan fingerprint density at radius 2 is 1.19 bits per heavy atom. The van der Waals surface area contributed by atoms with Crippen LogP contribution >= 0.6 is 0 Å². The summed E-state index contributed by atoms with van der Waals surface area (Å²) in [5.41, 5.74) is -0.443. The predicted molar refractivity (Wildman–Crippen MR) is 109 cm³/mol. The van der Waals surface area contributed by atoms with E-state index in [1.807, 2.05) is 13.8 Å². The van der Waals surface area contributed by atoms with Crippen LogP contribution < -0.4 is 0 Å². The molecule has 5 nitrogen and oxygen atoms in total. The van der Waals surface area contributed by atoms with Crippen molar-refractivity contribution in [1.82, 2.24) is 0 Å². The Morgan fingerprint density at radius 1 is 0.769 bits per heavy atom. The highest BCUT2D eigenvalue weighted by molar-refractivity contribution is 7.85. The minimum atomic E-state index is -3.69. The predicted octanol–water partition coefficient (Wildman–Crippen LogP) is 6.08. The van der Waals surface area contributed by atoms with Crippen molar-refractivity contribution >= 4 is 16.1 Å². The van der Waals surface area contributed by atoms with Gasteiger partial charge < -0.3 is 5.11 Å². The van der Waals surface area contributed by atoms with Crippen LogP contribution in [0.1, 0.15) is 111 Å². The average Bonchev–Trinajstić information content (AvgIpc) is 2.58. The number of aliphatic carboxylic acids is 1. The van der Waals surface area contributed by atoms with Crippen LogP contribution in [0.25, 0.3) is 0 Å². The van der Waals surface area contributed by atoms with Gasteiger partial charge >= 0.3 is 5.97 Å². The quantitative estimate of drug-likeness (QED) is 0.259. The van der Waals surface area contributed by atoms with Gasteiger partial charge in [0.05, 0.1) is 11.2 Å². The molecule has 0 bridgehead atoms. The Balaban J connectivity index is 0. The second-order valence-electron chi connectivity index (χ2n) is 7.20. The van der Waals surface area contributed by atoms with E-state index in [0.29, 0.717) is 6.42 Å². The Labute approximate surface area is 161 Å². The third-order valence-corrected chi connectivity index (χ3v) is 5.71. The normalized spacial score (nSPS) is 11.7. The molecule has 0 saturated heterocycles. The van der Waals surface area contributed by atoms with Gasteiger partial charge in [-0.2, -0.15) is 8.42 Å². The lowest BCUT2D eigenvalue weighted by atomic mass is 9.76. The molecule has 0 atom stereocenters. The van der Waals surface area contributed by atoms with Crippen molar-refractivity contribution in [2.75, 3.05) is 5.75 Å². The Bertz CT molecular complexity index is 419. The smallest absolute Gasteiger partial charge is 0.309 e. The van der Waals surface area contributed by atoms with E-state index in [-0.39, 0.29) is 5.75 Å². The van der Waals surface area contributed by atoms with Crippen LogP contribution in [0.4, 0.5) is 0 Å². The second kappa shape index (κ2) is 16.5. The summed E-state index contributed by atoms with van der Waals surface area (Å²) >= 11 is 0. The first-order chi connectivity index (χ1) is 12.2. The van der Waals surface area contributed by atoms with E-state index < -0.39 is 21.5 Å². The van der Waals surface area contributed by atoms with Crippen molar-refractivity contribution < 1.29 is 22.9 Å². The first-order valence-corrected chi connectivity index (χ1v) is 12.0. The summed E-state index contributed by atoms with van der Waals surface area (Å²) in [6, 6.07) is 0. The summed E-state index contributed by atoms with van der Waals surface area (Å²) in [4.78, 5) is 11.6. The van der Waals surface area contributed by atoms with Gasteiger partial charge in [0.2, 0.25) is 0 Å². The molecular formula is C20H42O5S. The largest absolute Gasteiger partial charge is 0.481 e. The molecule has 0 aliphatic heterocycles. The van der Waals surface area contributed by atoms with Crippen LogP contribution in [0, 0.1) is 5.41 Å². The van der Waals surface area contributed by atoms with Gasteiger partial charge in [0.25, 0.3) is 10.1 Å². The Morgan fingerprint density at radius 3 is 1.42 bits per heavy atom. The Hall–Kier alpha value is -0.620. The summed E-state index contributed by atoms with van der Waals surface area (Å²) in [7, 11) is -3.69. The lowest BCUT2D eigenvalue weighted by Crippen LogP contribution is -2.30. The lowest BCUT2D eigenvalue weighted by Gasteiger charge is -2.28. The highest BCUT2D eigenvalue weighted by Gasteiger charge is 2.35. The van der Waals surface area contributed by atoms with Gasteiger partial charge in [0.1, 0.15) is 0 Å². The second-order valence-corrected chi connectivity index (χ2v) is 8.77. The van der Waals surface area contributed by atoms with E-state index in [1.165, 1.54) is 38.5 Å². The number of carboxylic acids is 1. The minimum Gasteiger partial charge on any atom is -0.481 e. The highest BCUT2D eigenvalue weighted by Crippen LogP contribution is 2.35. The van der Waals surface area contributed by atoms with Crippen LogP contribution in [-0.2, 0) is 14.9 Å². The van der Waals surface area contributed by atoms with Crippen molar-refractivity contribution in [2.45, 2.75) is 111 Å². The number of carboxylic acid groups (broad SMARTS) is 1. The molecule has 0 saturated carbocycles. The average molecular weight is 395 g/mol. The number of carbonyl (C=O) groups is 1. The highest BCUT2D eigenvalue weighted by atomic mass is 32.2. The maximum Gasteiger partial charge on any atom is 0.309 e. The molecule has 0 amide bonds. The van der Waals surface area contributed by atoms with Gasteiger partial charge in [-0.25, -0.2) is 0 Å². The molecule has 0 rings (SSSR count). The first-order valence-electron chi connectivity index (χ1n) is 10.4.